The van der Waals surface area contributed by atoms with Gasteiger partial charge in [-0.2, -0.15) is 0 Å². The lowest BCUT2D eigenvalue weighted by Crippen LogP contribution is -2.29. The van der Waals surface area contributed by atoms with E-state index >= 15 is 0 Å². The minimum atomic E-state index is 0.457. The van der Waals surface area contributed by atoms with Crippen LogP contribution in [0.15, 0.2) is 0 Å². The highest BCUT2D eigenvalue weighted by molar-refractivity contribution is 4.78. The summed E-state index contributed by atoms with van der Waals surface area (Å²) in [6.45, 7) is 7.79. The summed E-state index contributed by atoms with van der Waals surface area (Å²) in [5.41, 5.74) is 6.51. The zero-order valence-electron chi connectivity index (χ0n) is 14.0. The molecule has 0 aliphatic heterocycles. The van der Waals surface area contributed by atoms with Gasteiger partial charge in [0.25, 0.3) is 0 Å². The van der Waals surface area contributed by atoms with Crippen molar-refractivity contribution in [1.29, 1.82) is 0 Å². The molecule has 1 heteroatoms. The zero-order valence-corrected chi connectivity index (χ0v) is 14.0. The van der Waals surface area contributed by atoms with Gasteiger partial charge in [-0.1, -0.05) is 85.0 Å². The second kappa shape index (κ2) is 13.0. The SMILES string of the molecule is CCCCCCCCCCC(CC)(CN)CCCC. The molecule has 0 rings (SSSR count). The van der Waals surface area contributed by atoms with Crippen molar-refractivity contribution in [2.75, 3.05) is 6.54 Å². The van der Waals surface area contributed by atoms with Gasteiger partial charge in [-0.3, -0.25) is 0 Å². The van der Waals surface area contributed by atoms with E-state index in [1.165, 1.54) is 83.5 Å². The zero-order chi connectivity index (χ0) is 14.4. The minimum Gasteiger partial charge on any atom is -0.330 e. The Kier molecular flexibility index (Phi) is 12.9. The van der Waals surface area contributed by atoms with E-state index in [4.69, 9.17) is 5.73 Å². The predicted molar refractivity (Wildman–Crippen MR) is 88.5 cm³/mol. The van der Waals surface area contributed by atoms with Gasteiger partial charge in [0.15, 0.2) is 0 Å². The molecular formula is C18H39N. The summed E-state index contributed by atoms with van der Waals surface area (Å²) < 4.78 is 0. The molecule has 0 heterocycles. The number of hydrogen-bond acceptors (Lipinski definition) is 1. The van der Waals surface area contributed by atoms with Crippen LogP contribution in [-0.2, 0) is 0 Å². The van der Waals surface area contributed by atoms with E-state index in [9.17, 15) is 0 Å². The first kappa shape index (κ1) is 19.0. The highest BCUT2D eigenvalue weighted by Crippen LogP contribution is 2.33. The molecular weight excluding hydrogens is 230 g/mol. The molecule has 0 aliphatic carbocycles. The Morgan fingerprint density at radius 3 is 1.58 bits per heavy atom. The summed E-state index contributed by atoms with van der Waals surface area (Å²) in [5.74, 6) is 0. The Morgan fingerprint density at radius 1 is 0.632 bits per heavy atom. The van der Waals surface area contributed by atoms with Crippen molar-refractivity contribution in [1.82, 2.24) is 0 Å². The maximum Gasteiger partial charge on any atom is -0.00206 e. The Balaban J connectivity index is 3.63. The molecule has 0 amide bonds. The average molecular weight is 270 g/mol. The van der Waals surface area contributed by atoms with E-state index in [0.29, 0.717) is 5.41 Å². The molecule has 19 heavy (non-hydrogen) atoms. The first-order valence-electron chi connectivity index (χ1n) is 8.94. The first-order valence-corrected chi connectivity index (χ1v) is 8.94. The van der Waals surface area contributed by atoms with Crippen molar-refractivity contribution in [2.45, 2.75) is 104 Å². The average Bonchev–Trinajstić information content (AvgIpc) is 2.45. The van der Waals surface area contributed by atoms with Crippen LogP contribution in [0.3, 0.4) is 0 Å². The quantitative estimate of drug-likeness (QED) is 0.381. The second-order valence-electron chi connectivity index (χ2n) is 6.39. The third kappa shape index (κ3) is 9.49. The van der Waals surface area contributed by atoms with Crippen LogP contribution in [0, 0.1) is 5.41 Å². The van der Waals surface area contributed by atoms with E-state index in [0.717, 1.165) is 6.54 Å². The summed E-state index contributed by atoms with van der Waals surface area (Å²) in [5, 5.41) is 0. The van der Waals surface area contributed by atoms with Gasteiger partial charge in [0, 0.05) is 0 Å². The van der Waals surface area contributed by atoms with Crippen molar-refractivity contribution in [2.24, 2.45) is 11.1 Å². The van der Waals surface area contributed by atoms with Gasteiger partial charge in [-0.15, -0.1) is 0 Å². The van der Waals surface area contributed by atoms with Crippen LogP contribution in [-0.4, -0.2) is 6.54 Å². The van der Waals surface area contributed by atoms with Crippen LogP contribution in [0.25, 0.3) is 0 Å². The molecule has 0 spiro atoms. The third-order valence-corrected chi connectivity index (χ3v) is 4.80. The van der Waals surface area contributed by atoms with Gasteiger partial charge in [0.05, 0.1) is 0 Å². The molecule has 0 aliphatic rings. The van der Waals surface area contributed by atoms with Crippen LogP contribution in [0.5, 0.6) is 0 Å². The molecule has 0 fully saturated rings. The number of hydrogen-bond donors (Lipinski definition) is 1. The van der Waals surface area contributed by atoms with E-state index in [2.05, 4.69) is 20.8 Å². The standard InChI is InChI=1S/C18H39N/c1-4-7-9-10-11-12-13-14-16-18(6-3,17-19)15-8-5-2/h4-17,19H2,1-3H3. The van der Waals surface area contributed by atoms with Crippen LogP contribution >= 0.6 is 0 Å². The van der Waals surface area contributed by atoms with E-state index in [-0.39, 0.29) is 0 Å². The van der Waals surface area contributed by atoms with Crippen LogP contribution in [0.1, 0.15) is 104 Å². The highest BCUT2D eigenvalue weighted by atomic mass is 14.6. The molecule has 0 saturated heterocycles. The number of rotatable bonds is 14. The summed E-state index contributed by atoms with van der Waals surface area (Å²) in [6, 6.07) is 0. The predicted octanol–water partition coefficient (Wildman–Crippen LogP) is 6.06. The molecule has 1 atom stereocenters. The fraction of sp³-hybridized carbons (Fsp3) is 1.00. The molecule has 1 nitrogen and oxygen atoms in total. The molecule has 116 valence electrons. The molecule has 0 aromatic carbocycles. The Morgan fingerprint density at radius 2 is 1.11 bits per heavy atom. The van der Waals surface area contributed by atoms with Crippen molar-refractivity contribution in [3.63, 3.8) is 0 Å². The topological polar surface area (TPSA) is 26.0 Å². The van der Waals surface area contributed by atoms with Crippen molar-refractivity contribution < 1.29 is 0 Å². The Hall–Kier alpha value is -0.0400. The maximum atomic E-state index is 6.05. The van der Waals surface area contributed by atoms with Crippen LogP contribution in [0.4, 0.5) is 0 Å². The smallest absolute Gasteiger partial charge is 0.00206 e. The Labute approximate surface area is 122 Å². The molecule has 0 aromatic rings. The fourth-order valence-corrected chi connectivity index (χ4v) is 3.01. The molecule has 0 aromatic heterocycles. The van der Waals surface area contributed by atoms with E-state index in [1.54, 1.807) is 0 Å². The molecule has 0 bridgehead atoms. The minimum absolute atomic E-state index is 0.457. The lowest BCUT2D eigenvalue weighted by Gasteiger charge is -2.31. The lowest BCUT2D eigenvalue weighted by atomic mass is 9.76. The van der Waals surface area contributed by atoms with Gasteiger partial charge in [0.2, 0.25) is 0 Å². The molecule has 0 radical (unpaired) electrons. The van der Waals surface area contributed by atoms with Crippen molar-refractivity contribution in [3.05, 3.63) is 0 Å². The largest absolute Gasteiger partial charge is 0.330 e. The van der Waals surface area contributed by atoms with Gasteiger partial charge in [-0.05, 0) is 31.2 Å². The normalized spacial score (nSPS) is 14.5. The van der Waals surface area contributed by atoms with E-state index < -0.39 is 0 Å². The summed E-state index contributed by atoms with van der Waals surface area (Å²) in [4.78, 5) is 0. The molecule has 0 saturated carbocycles. The fourth-order valence-electron chi connectivity index (χ4n) is 3.01. The lowest BCUT2D eigenvalue weighted by molar-refractivity contribution is 0.223. The molecule has 2 N–H and O–H groups in total. The second-order valence-corrected chi connectivity index (χ2v) is 6.39. The monoisotopic (exact) mass is 269 g/mol. The Bertz CT molecular complexity index is 173. The highest BCUT2D eigenvalue weighted by Gasteiger charge is 2.24. The first-order chi connectivity index (χ1) is 9.24. The molecule has 1 unspecified atom stereocenters. The van der Waals surface area contributed by atoms with Crippen molar-refractivity contribution in [3.8, 4) is 0 Å². The maximum absolute atomic E-state index is 6.05. The van der Waals surface area contributed by atoms with Gasteiger partial charge in [-0.25, -0.2) is 0 Å². The van der Waals surface area contributed by atoms with Gasteiger partial charge in [0.1, 0.15) is 0 Å². The van der Waals surface area contributed by atoms with Crippen molar-refractivity contribution >= 4 is 0 Å². The van der Waals surface area contributed by atoms with Gasteiger partial charge >= 0.3 is 0 Å². The summed E-state index contributed by atoms with van der Waals surface area (Å²) in [7, 11) is 0. The third-order valence-electron chi connectivity index (χ3n) is 4.80. The van der Waals surface area contributed by atoms with E-state index in [1.807, 2.05) is 0 Å². The summed E-state index contributed by atoms with van der Waals surface area (Å²) in [6.07, 6.45) is 18.0. The van der Waals surface area contributed by atoms with Crippen LogP contribution < -0.4 is 5.73 Å². The number of unbranched alkanes of at least 4 members (excludes halogenated alkanes) is 8. The summed E-state index contributed by atoms with van der Waals surface area (Å²) >= 11 is 0. The van der Waals surface area contributed by atoms with Gasteiger partial charge < -0.3 is 5.73 Å². The van der Waals surface area contributed by atoms with Crippen LogP contribution in [0.2, 0.25) is 0 Å². The number of nitrogens with two attached hydrogens (primary N) is 1.